The highest BCUT2D eigenvalue weighted by molar-refractivity contribution is 7.21. The largest absolute Gasteiger partial charge is 0.496 e. The normalized spacial score (nSPS) is 11.3. The number of nitrogens with two attached hydrogens (primary N) is 1. The Labute approximate surface area is 203 Å². The Morgan fingerprint density at radius 3 is 2.29 bits per heavy atom. The van der Waals surface area contributed by atoms with Crippen LogP contribution in [0.5, 0.6) is 11.5 Å². The van der Waals surface area contributed by atoms with E-state index in [1.807, 2.05) is 0 Å². The third-order valence-electron chi connectivity index (χ3n) is 4.82. The number of fused-ring (bicyclic) bond motifs is 1. The first-order chi connectivity index (χ1) is 16.4. The van der Waals surface area contributed by atoms with Gasteiger partial charge in [0.05, 0.1) is 12.5 Å². The zero-order valence-corrected chi connectivity index (χ0v) is 20.2. The van der Waals surface area contributed by atoms with Crippen molar-refractivity contribution in [3.05, 3.63) is 58.0 Å². The zero-order valence-electron chi connectivity index (χ0n) is 19.4. The summed E-state index contributed by atoms with van der Waals surface area (Å²) in [6.45, 7) is 3.91. The van der Waals surface area contributed by atoms with Crippen molar-refractivity contribution in [3.63, 3.8) is 0 Å². The minimum absolute atomic E-state index is 0.0749. The van der Waals surface area contributed by atoms with E-state index in [0.29, 0.717) is 15.8 Å². The number of benzene rings is 2. The second kappa shape index (κ2) is 10.3. The highest BCUT2D eigenvalue weighted by Gasteiger charge is 2.26. The van der Waals surface area contributed by atoms with Gasteiger partial charge < -0.3 is 24.7 Å². The van der Waals surface area contributed by atoms with Crippen molar-refractivity contribution in [2.75, 3.05) is 13.9 Å². The summed E-state index contributed by atoms with van der Waals surface area (Å²) in [6.07, 6.45) is 0. The van der Waals surface area contributed by atoms with E-state index in [1.54, 1.807) is 39.0 Å². The molecule has 0 spiro atoms. The van der Waals surface area contributed by atoms with E-state index in [0.717, 1.165) is 23.5 Å². The molecule has 1 heterocycles. The van der Waals surface area contributed by atoms with E-state index in [4.69, 9.17) is 24.7 Å². The first kappa shape index (κ1) is 25.9. The molecule has 2 aromatic carbocycles. The Hall–Kier alpha value is -3.73. The summed E-state index contributed by atoms with van der Waals surface area (Å²) in [5.74, 6) is -4.99. The lowest BCUT2D eigenvalue weighted by Crippen LogP contribution is -2.24. The predicted octanol–water partition coefficient (Wildman–Crippen LogP) is 4.57. The summed E-state index contributed by atoms with van der Waals surface area (Å²) < 4.78 is 50.3. The monoisotopic (exact) mass is 507 g/mol. The molecule has 0 bridgehead atoms. The van der Waals surface area contributed by atoms with Gasteiger partial charge >= 0.3 is 11.9 Å². The van der Waals surface area contributed by atoms with Crippen LogP contribution in [0.3, 0.4) is 0 Å². The van der Waals surface area contributed by atoms with Crippen molar-refractivity contribution >= 4 is 39.3 Å². The number of ether oxygens (including phenoxy) is 4. The van der Waals surface area contributed by atoms with E-state index < -0.39 is 54.0 Å². The van der Waals surface area contributed by atoms with E-state index in [-0.39, 0.29) is 16.0 Å². The fourth-order valence-corrected chi connectivity index (χ4v) is 4.17. The van der Waals surface area contributed by atoms with Crippen LogP contribution in [-0.4, -0.2) is 31.7 Å². The van der Waals surface area contributed by atoms with E-state index >= 15 is 0 Å². The van der Waals surface area contributed by atoms with Crippen LogP contribution in [0.4, 0.5) is 8.78 Å². The highest BCUT2D eigenvalue weighted by Crippen LogP contribution is 2.39. The number of amides is 1. The Balaban J connectivity index is 1.92. The van der Waals surface area contributed by atoms with E-state index in [2.05, 4.69) is 0 Å². The van der Waals surface area contributed by atoms with Gasteiger partial charge in [0.1, 0.15) is 17.2 Å². The summed E-state index contributed by atoms with van der Waals surface area (Å²) in [7, 11) is 1.43. The minimum Gasteiger partial charge on any atom is -0.496 e. The van der Waals surface area contributed by atoms with Gasteiger partial charge in [-0.1, -0.05) is 6.07 Å². The quantitative estimate of drug-likeness (QED) is 0.351. The molecular weight excluding hydrogens is 484 g/mol. The van der Waals surface area contributed by atoms with Gasteiger partial charge in [0.2, 0.25) is 12.7 Å². The maximum Gasteiger partial charge on any atom is 0.351 e. The second-order valence-electron chi connectivity index (χ2n) is 8.40. The Kier molecular flexibility index (Phi) is 7.59. The predicted molar refractivity (Wildman–Crippen MR) is 123 cm³/mol. The van der Waals surface area contributed by atoms with Gasteiger partial charge in [-0.05, 0) is 45.0 Å². The molecule has 11 heteroatoms. The molecule has 3 rings (SSSR count). The number of halogens is 2. The Morgan fingerprint density at radius 1 is 1.06 bits per heavy atom. The Morgan fingerprint density at radius 2 is 1.71 bits per heavy atom. The van der Waals surface area contributed by atoms with Gasteiger partial charge in [0, 0.05) is 21.2 Å². The molecule has 0 fully saturated rings. The number of rotatable bonds is 8. The van der Waals surface area contributed by atoms with E-state index in [9.17, 15) is 23.2 Å². The summed E-state index contributed by atoms with van der Waals surface area (Å²) in [4.78, 5) is 36.1. The molecule has 0 aliphatic carbocycles. The third-order valence-corrected chi connectivity index (χ3v) is 5.99. The lowest BCUT2D eigenvalue weighted by Gasteiger charge is -2.16. The van der Waals surface area contributed by atoms with Gasteiger partial charge in [0.25, 0.3) is 0 Å². The van der Waals surface area contributed by atoms with Crippen LogP contribution in [0.2, 0.25) is 0 Å². The van der Waals surface area contributed by atoms with Gasteiger partial charge in [-0.3, -0.25) is 9.59 Å². The molecule has 0 saturated carbocycles. The van der Waals surface area contributed by atoms with Crippen molar-refractivity contribution in [1.82, 2.24) is 0 Å². The average Bonchev–Trinajstić information content (AvgIpc) is 3.16. The highest BCUT2D eigenvalue weighted by atomic mass is 32.1. The molecule has 0 saturated heterocycles. The SMILES string of the molecule is COc1cccc2sc(C(=O)OCOC(=O)C(C)(C)C)c(COc3c(F)cc(C(N)=O)cc3F)c12. The van der Waals surface area contributed by atoms with Crippen molar-refractivity contribution in [3.8, 4) is 11.5 Å². The molecular formula is C24H23F2NO7S. The number of carbonyl (C=O) groups is 3. The van der Waals surface area contributed by atoms with Crippen molar-refractivity contribution < 1.29 is 42.1 Å². The lowest BCUT2D eigenvalue weighted by atomic mass is 9.98. The zero-order chi connectivity index (χ0) is 25.9. The fraction of sp³-hybridized carbons (Fsp3) is 0.292. The second-order valence-corrected chi connectivity index (χ2v) is 9.45. The number of esters is 2. The topological polar surface area (TPSA) is 114 Å². The molecule has 0 radical (unpaired) electrons. The van der Waals surface area contributed by atoms with Crippen LogP contribution in [0.1, 0.15) is 46.4 Å². The fourth-order valence-electron chi connectivity index (χ4n) is 3.05. The maximum absolute atomic E-state index is 14.4. The molecule has 0 aliphatic heterocycles. The van der Waals surface area contributed by atoms with Gasteiger partial charge in [-0.25, -0.2) is 13.6 Å². The smallest absolute Gasteiger partial charge is 0.351 e. The van der Waals surface area contributed by atoms with Crippen LogP contribution in [0.15, 0.2) is 30.3 Å². The van der Waals surface area contributed by atoms with Gasteiger partial charge in [-0.2, -0.15) is 0 Å². The van der Waals surface area contributed by atoms with Crippen molar-refractivity contribution in [2.45, 2.75) is 27.4 Å². The summed E-state index contributed by atoms with van der Waals surface area (Å²) in [5.41, 5.74) is 4.19. The maximum atomic E-state index is 14.4. The number of hydrogen-bond acceptors (Lipinski definition) is 8. The number of carbonyl (C=O) groups excluding carboxylic acids is 3. The standard InChI is InChI=1S/C24H23F2NO7S/c1-24(2,3)23(30)34-11-33-22(29)20-13(18-16(31-4)6-5-7-17(18)35-20)10-32-19-14(25)8-12(21(27)28)9-15(19)26/h5-9H,10-11H2,1-4H3,(H2,27,28). The van der Waals surface area contributed by atoms with E-state index in [1.165, 1.54) is 7.11 Å². The average molecular weight is 508 g/mol. The summed E-state index contributed by atoms with van der Waals surface area (Å²) >= 11 is 1.05. The first-order valence-corrected chi connectivity index (χ1v) is 11.1. The molecule has 2 N–H and O–H groups in total. The first-order valence-electron chi connectivity index (χ1n) is 10.3. The van der Waals surface area contributed by atoms with Crippen molar-refractivity contribution in [1.29, 1.82) is 0 Å². The third kappa shape index (κ3) is 5.68. The molecule has 0 aliphatic rings. The Bertz CT molecular complexity index is 1270. The van der Waals surface area contributed by atoms with Crippen molar-refractivity contribution in [2.24, 2.45) is 11.1 Å². The molecule has 35 heavy (non-hydrogen) atoms. The van der Waals surface area contributed by atoms with Gasteiger partial charge in [0.15, 0.2) is 17.4 Å². The number of hydrogen-bond donors (Lipinski definition) is 1. The van der Waals surface area contributed by atoms with Gasteiger partial charge in [-0.15, -0.1) is 11.3 Å². The van der Waals surface area contributed by atoms with Crippen LogP contribution in [0, 0.1) is 17.0 Å². The van der Waals surface area contributed by atoms with Crippen LogP contribution in [-0.2, 0) is 20.9 Å². The molecule has 1 amide bonds. The molecule has 0 unspecified atom stereocenters. The van der Waals surface area contributed by atoms with Crippen LogP contribution in [0.25, 0.3) is 10.1 Å². The molecule has 0 atom stereocenters. The number of methoxy groups -OCH3 is 1. The summed E-state index contributed by atoms with van der Waals surface area (Å²) in [5, 5.41) is 0.494. The number of primary amides is 1. The number of thiophene rings is 1. The summed E-state index contributed by atoms with van der Waals surface area (Å²) in [6, 6.07) is 6.61. The molecule has 186 valence electrons. The molecule has 8 nitrogen and oxygen atoms in total. The van der Waals surface area contributed by atoms with Crippen LogP contribution >= 0.6 is 11.3 Å². The lowest BCUT2D eigenvalue weighted by molar-refractivity contribution is -0.161. The minimum atomic E-state index is -1.14. The van der Waals surface area contributed by atoms with Crippen LogP contribution < -0.4 is 15.2 Å². The molecule has 1 aromatic heterocycles. The molecule has 3 aromatic rings.